The lowest BCUT2D eigenvalue weighted by Crippen LogP contribution is -3.10. The van der Waals surface area contributed by atoms with Crippen LogP contribution in [0.2, 0.25) is 0 Å². The topological polar surface area (TPSA) is 30.7 Å². The molecule has 2 aromatic carbocycles. The predicted octanol–water partition coefficient (Wildman–Crippen LogP) is 4.59. The van der Waals surface area contributed by atoms with Gasteiger partial charge < -0.3 is 9.64 Å². The number of allylic oxidation sites excluding steroid dienone is 1. The SMILES string of the molecule is C=C1CCC[C@]2(C)C[C@H]3OC(=O)[C@H](C[NH+](Cc4ccccc4)Cc4ccccc4)[C@H]3C[C@@H]12. The van der Waals surface area contributed by atoms with Crippen molar-refractivity contribution in [3.63, 3.8) is 0 Å². The van der Waals surface area contributed by atoms with E-state index in [0.717, 1.165) is 38.9 Å². The number of benzene rings is 2. The molecule has 0 spiro atoms. The highest BCUT2D eigenvalue weighted by Gasteiger charge is 2.56. The summed E-state index contributed by atoms with van der Waals surface area (Å²) in [5, 5.41) is 0. The summed E-state index contributed by atoms with van der Waals surface area (Å²) in [7, 11) is 0. The van der Waals surface area contributed by atoms with Crippen molar-refractivity contribution < 1.29 is 14.4 Å². The molecular formula is C29H36NO2+. The van der Waals surface area contributed by atoms with Crippen molar-refractivity contribution in [2.45, 2.75) is 58.2 Å². The highest BCUT2D eigenvalue weighted by Crippen LogP contribution is 2.56. The van der Waals surface area contributed by atoms with Gasteiger partial charge in [0.05, 0.1) is 6.54 Å². The Morgan fingerprint density at radius 1 is 1.03 bits per heavy atom. The maximum Gasteiger partial charge on any atom is 0.315 e. The molecule has 3 fully saturated rings. The number of quaternary nitrogens is 1. The van der Waals surface area contributed by atoms with Gasteiger partial charge in [-0.05, 0) is 43.4 Å². The van der Waals surface area contributed by atoms with E-state index in [9.17, 15) is 4.79 Å². The van der Waals surface area contributed by atoms with E-state index < -0.39 is 0 Å². The molecule has 1 heterocycles. The molecule has 1 N–H and O–H groups in total. The van der Waals surface area contributed by atoms with Crippen LogP contribution in [0.5, 0.6) is 0 Å². The number of hydrogen-bond donors (Lipinski definition) is 1. The van der Waals surface area contributed by atoms with Crippen LogP contribution in [0, 0.1) is 23.2 Å². The molecule has 3 aliphatic rings. The molecule has 3 heteroatoms. The fourth-order valence-electron chi connectivity index (χ4n) is 6.78. The zero-order valence-corrected chi connectivity index (χ0v) is 19.3. The average molecular weight is 431 g/mol. The first-order valence-corrected chi connectivity index (χ1v) is 12.3. The molecule has 2 saturated carbocycles. The average Bonchev–Trinajstić information content (AvgIpc) is 3.07. The second kappa shape index (κ2) is 8.86. The predicted molar refractivity (Wildman–Crippen MR) is 127 cm³/mol. The third kappa shape index (κ3) is 4.28. The van der Waals surface area contributed by atoms with Crippen molar-refractivity contribution in [3.05, 3.63) is 83.9 Å². The summed E-state index contributed by atoms with van der Waals surface area (Å²) in [5.74, 6) is 0.895. The van der Waals surface area contributed by atoms with Crippen LogP contribution in [0.15, 0.2) is 72.8 Å². The fraction of sp³-hybridized carbons (Fsp3) is 0.483. The fourth-order valence-corrected chi connectivity index (χ4v) is 6.78. The van der Waals surface area contributed by atoms with Crippen LogP contribution in [-0.4, -0.2) is 18.6 Å². The van der Waals surface area contributed by atoms with Gasteiger partial charge in [0.1, 0.15) is 25.1 Å². The second-order valence-corrected chi connectivity index (χ2v) is 10.7. The molecule has 0 bridgehead atoms. The molecule has 1 aliphatic heterocycles. The Morgan fingerprint density at radius 3 is 2.28 bits per heavy atom. The molecule has 0 radical (unpaired) electrons. The zero-order chi connectivity index (χ0) is 22.1. The minimum Gasteiger partial charge on any atom is -0.462 e. The van der Waals surface area contributed by atoms with Gasteiger partial charge in [0, 0.05) is 17.0 Å². The van der Waals surface area contributed by atoms with Crippen molar-refractivity contribution in [1.29, 1.82) is 0 Å². The molecule has 168 valence electrons. The second-order valence-electron chi connectivity index (χ2n) is 10.7. The number of ether oxygens (including phenoxy) is 1. The third-order valence-electron chi connectivity index (χ3n) is 8.42. The summed E-state index contributed by atoms with van der Waals surface area (Å²) in [5.41, 5.74) is 4.30. The Balaban J connectivity index is 1.36. The maximum absolute atomic E-state index is 13.1. The standard InChI is InChI=1S/C29H35NO2/c1-21-10-9-15-29(2)17-27-24(16-26(21)29)25(28(31)32-27)20-30(18-22-11-5-3-6-12-22)19-23-13-7-4-8-14-23/h3-8,11-14,24-27H,1,9-10,15-20H2,2H3/p+1/t24-,25-,26+,27-,29-/m1/s1. The molecule has 3 nitrogen and oxygen atoms in total. The molecule has 1 saturated heterocycles. The summed E-state index contributed by atoms with van der Waals surface area (Å²) in [6, 6.07) is 21.3. The molecule has 0 amide bonds. The van der Waals surface area contributed by atoms with Gasteiger partial charge in [-0.3, -0.25) is 4.79 Å². The van der Waals surface area contributed by atoms with Gasteiger partial charge in [0.2, 0.25) is 0 Å². The van der Waals surface area contributed by atoms with E-state index in [1.807, 2.05) is 0 Å². The van der Waals surface area contributed by atoms with Crippen LogP contribution in [-0.2, 0) is 22.6 Å². The number of hydrogen-bond acceptors (Lipinski definition) is 2. The highest BCUT2D eigenvalue weighted by molar-refractivity contribution is 5.75. The normalized spacial score (nSPS) is 31.8. The third-order valence-corrected chi connectivity index (χ3v) is 8.42. The van der Waals surface area contributed by atoms with E-state index in [1.165, 1.54) is 34.4 Å². The van der Waals surface area contributed by atoms with Crippen LogP contribution in [0.3, 0.4) is 0 Å². The van der Waals surface area contributed by atoms with Crippen molar-refractivity contribution in [3.8, 4) is 0 Å². The molecule has 5 atom stereocenters. The number of carbonyl (C=O) groups is 1. The number of nitrogens with one attached hydrogen (secondary N) is 1. The maximum atomic E-state index is 13.1. The lowest BCUT2D eigenvalue weighted by Gasteiger charge is -2.50. The summed E-state index contributed by atoms with van der Waals surface area (Å²) < 4.78 is 6.05. The molecule has 2 aromatic rings. The molecule has 0 aromatic heterocycles. The number of fused-ring (bicyclic) bond motifs is 2. The first kappa shape index (κ1) is 21.5. The summed E-state index contributed by atoms with van der Waals surface area (Å²) in [4.78, 5) is 14.5. The van der Waals surface area contributed by atoms with E-state index >= 15 is 0 Å². The van der Waals surface area contributed by atoms with Crippen LogP contribution in [0.25, 0.3) is 0 Å². The molecular weight excluding hydrogens is 394 g/mol. The van der Waals surface area contributed by atoms with Crippen LogP contribution in [0.1, 0.15) is 50.2 Å². The van der Waals surface area contributed by atoms with Crippen LogP contribution >= 0.6 is 0 Å². The quantitative estimate of drug-likeness (QED) is 0.537. The van der Waals surface area contributed by atoms with Gasteiger partial charge in [0.25, 0.3) is 0 Å². The Labute approximate surface area is 192 Å². The van der Waals surface area contributed by atoms with Gasteiger partial charge in [-0.15, -0.1) is 0 Å². The minimum atomic E-state index is -0.0123. The first-order valence-electron chi connectivity index (χ1n) is 12.3. The zero-order valence-electron chi connectivity index (χ0n) is 19.3. The Morgan fingerprint density at radius 2 is 1.66 bits per heavy atom. The van der Waals surface area contributed by atoms with Gasteiger partial charge >= 0.3 is 5.97 Å². The largest absolute Gasteiger partial charge is 0.462 e. The van der Waals surface area contributed by atoms with Crippen molar-refractivity contribution in [2.24, 2.45) is 23.2 Å². The number of esters is 1. The van der Waals surface area contributed by atoms with Gasteiger partial charge in [0.15, 0.2) is 0 Å². The lowest BCUT2D eigenvalue weighted by molar-refractivity contribution is -0.930. The van der Waals surface area contributed by atoms with Crippen LogP contribution < -0.4 is 4.90 Å². The summed E-state index contributed by atoms with van der Waals surface area (Å²) in [6.45, 7) is 9.52. The Hall–Kier alpha value is -2.39. The van der Waals surface area contributed by atoms with E-state index in [-0.39, 0.29) is 23.4 Å². The molecule has 32 heavy (non-hydrogen) atoms. The van der Waals surface area contributed by atoms with Gasteiger partial charge in [-0.25, -0.2) is 0 Å². The van der Waals surface area contributed by atoms with Crippen molar-refractivity contribution >= 4 is 5.97 Å². The van der Waals surface area contributed by atoms with E-state index in [0.29, 0.717) is 11.8 Å². The minimum absolute atomic E-state index is 0.0123. The van der Waals surface area contributed by atoms with Crippen LogP contribution in [0.4, 0.5) is 0 Å². The van der Waals surface area contributed by atoms with Crippen molar-refractivity contribution in [1.82, 2.24) is 0 Å². The van der Waals surface area contributed by atoms with Crippen molar-refractivity contribution in [2.75, 3.05) is 6.54 Å². The highest BCUT2D eigenvalue weighted by atomic mass is 16.6. The van der Waals surface area contributed by atoms with E-state index in [2.05, 4.69) is 74.2 Å². The smallest absolute Gasteiger partial charge is 0.315 e. The van der Waals surface area contributed by atoms with E-state index in [1.54, 1.807) is 0 Å². The number of carbonyl (C=O) groups excluding carboxylic acids is 1. The Bertz CT molecular complexity index is 914. The van der Waals surface area contributed by atoms with Gasteiger partial charge in [-0.2, -0.15) is 0 Å². The number of rotatable bonds is 6. The molecule has 2 aliphatic carbocycles. The van der Waals surface area contributed by atoms with E-state index in [4.69, 9.17) is 4.74 Å². The molecule has 0 unspecified atom stereocenters. The summed E-state index contributed by atoms with van der Waals surface area (Å²) >= 11 is 0. The summed E-state index contributed by atoms with van der Waals surface area (Å²) in [6.07, 6.45) is 5.79. The van der Waals surface area contributed by atoms with Gasteiger partial charge in [-0.1, -0.05) is 79.7 Å². The molecule has 5 rings (SSSR count). The Kier molecular flexibility index (Phi) is 5.94. The first-order chi connectivity index (χ1) is 15.5. The monoisotopic (exact) mass is 430 g/mol. The lowest BCUT2D eigenvalue weighted by atomic mass is 9.55.